The molecule has 31 heavy (non-hydrogen) atoms. The molecule has 0 saturated carbocycles. The van der Waals surface area contributed by atoms with Crippen LogP contribution in [0.2, 0.25) is 0 Å². The number of ether oxygens (including phenoxy) is 1. The van der Waals surface area contributed by atoms with Crippen molar-refractivity contribution in [3.63, 3.8) is 0 Å². The van der Waals surface area contributed by atoms with Gasteiger partial charge >= 0.3 is 0 Å². The first-order chi connectivity index (χ1) is 14.8. The van der Waals surface area contributed by atoms with E-state index in [1.807, 2.05) is 61.5 Å². The Morgan fingerprint density at radius 1 is 0.968 bits per heavy atom. The van der Waals surface area contributed by atoms with Crippen molar-refractivity contribution < 1.29 is 17.9 Å². The van der Waals surface area contributed by atoms with Gasteiger partial charge in [0.2, 0.25) is 10.0 Å². The second-order valence-corrected chi connectivity index (χ2v) is 9.38. The molecule has 0 radical (unpaired) electrons. The highest BCUT2D eigenvalue weighted by atomic mass is 32.2. The summed E-state index contributed by atoms with van der Waals surface area (Å²) in [6.07, 6.45) is -0.705. The third-order valence-corrected chi connectivity index (χ3v) is 6.60. The Labute approximate surface area is 183 Å². The maximum absolute atomic E-state index is 12.8. The lowest BCUT2D eigenvalue weighted by Gasteiger charge is -2.18. The smallest absolute Gasteiger partial charge is 0.265 e. The molecule has 0 saturated heterocycles. The molecule has 3 aromatic rings. The SMILES string of the molecule is Cc1ccc(OC(C)C(=O)Nc2ccc(S(=O)(=O)N(C)Cc3ccccc3)cc2)cc1. The zero-order valence-electron chi connectivity index (χ0n) is 17.8. The summed E-state index contributed by atoms with van der Waals surface area (Å²) >= 11 is 0. The molecule has 0 aliphatic heterocycles. The van der Waals surface area contributed by atoms with Gasteiger partial charge in [0, 0.05) is 19.3 Å². The molecule has 7 heteroatoms. The van der Waals surface area contributed by atoms with Gasteiger partial charge in [-0.1, -0.05) is 48.0 Å². The van der Waals surface area contributed by atoms with Gasteiger partial charge in [-0.05, 0) is 55.8 Å². The lowest BCUT2D eigenvalue weighted by Crippen LogP contribution is -2.30. The van der Waals surface area contributed by atoms with Gasteiger partial charge in [-0.25, -0.2) is 8.42 Å². The van der Waals surface area contributed by atoms with Gasteiger partial charge in [0.25, 0.3) is 5.91 Å². The fraction of sp³-hybridized carbons (Fsp3) is 0.208. The highest BCUT2D eigenvalue weighted by Crippen LogP contribution is 2.20. The monoisotopic (exact) mass is 438 g/mol. The molecule has 3 rings (SSSR count). The van der Waals surface area contributed by atoms with E-state index in [0.717, 1.165) is 11.1 Å². The van der Waals surface area contributed by atoms with Crippen molar-refractivity contribution in [2.45, 2.75) is 31.4 Å². The Kier molecular flexibility index (Phi) is 7.09. The average molecular weight is 439 g/mol. The fourth-order valence-corrected chi connectivity index (χ4v) is 4.09. The molecular formula is C24H26N2O4S. The molecule has 0 aliphatic carbocycles. The number of benzene rings is 3. The molecule has 3 aromatic carbocycles. The molecule has 0 spiro atoms. The summed E-state index contributed by atoms with van der Waals surface area (Å²) < 4.78 is 32.6. The summed E-state index contributed by atoms with van der Waals surface area (Å²) in [6.45, 7) is 3.91. The number of carbonyl (C=O) groups is 1. The largest absolute Gasteiger partial charge is 0.481 e. The lowest BCUT2D eigenvalue weighted by atomic mass is 10.2. The summed E-state index contributed by atoms with van der Waals surface area (Å²) in [5, 5.41) is 2.75. The van der Waals surface area contributed by atoms with Crippen molar-refractivity contribution in [1.82, 2.24) is 4.31 Å². The molecule has 0 aromatic heterocycles. The first kappa shape index (κ1) is 22.5. The third kappa shape index (κ3) is 5.93. The van der Waals surface area contributed by atoms with Crippen LogP contribution >= 0.6 is 0 Å². The molecule has 1 atom stereocenters. The molecule has 0 heterocycles. The van der Waals surface area contributed by atoms with Crippen LogP contribution in [0.25, 0.3) is 0 Å². The Hall–Kier alpha value is -3.16. The zero-order chi connectivity index (χ0) is 22.4. The van der Waals surface area contributed by atoms with Crippen LogP contribution in [0.15, 0.2) is 83.8 Å². The van der Waals surface area contributed by atoms with Crippen LogP contribution in [0.4, 0.5) is 5.69 Å². The molecule has 1 N–H and O–H groups in total. The van der Waals surface area contributed by atoms with Crippen molar-refractivity contribution in [1.29, 1.82) is 0 Å². The summed E-state index contributed by atoms with van der Waals surface area (Å²) in [6, 6.07) is 22.9. The number of hydrogen-bond acceptors (Lipinski definition) is 4. The van der Waals surface area contributed by atoms with Crippen LogP contribution in [-0.4, -0.2) is 31.8 Å². The van der Waals surface area contributed by atoms with Gasteiger partial charge in [0.05, 0.1) is 4.90 Å². The first-order valence-corrected chi connectivity index (χ1v) is 11.3. The van der Waals surface area contributed by atoms with E-state index in [0.29, 0.717) is 11.4 Å². The molecule has 6 nitrogen and oxygen atoms in total. The number of carbonyl (C=O) groups excluding carboxylic acids is 1. The Morgan fingerprint density at radius 2 is 1.58 bits per heavy atom. The second kappa shape index (κ2) is 9.76. The number of nitrogens with one attached hydrogen (secondary N) is 1. The topological polar surface area (TPSA) is 75.7 Å². The highest BCUT2D eigenvalue weighted by Gasteiger charge is 2.21. The predicted octanol–water partition coefficient (Wildman–Crippen LogP) is 4.22. The molecule has 0 bridgehead atoms. The Bertz CT molecular complexity index is 1110. The van der Waals surface area contributed by atoms with Crippen molar-refractivity contribution in [2.24, 2.45) is 0 Å². The zero-order valence-corrected chi connectivity index (χ0v) is 18.6. The standard InChI is InChI=1S/C24H26N2O4S/c1-18-9-13-22(14-10-18)30-19(2)24(27)25-21-11-15-23(16-12-21)31(28,29)26(3)17-20-7-5-4-6-8-20/h4-16,19H,17H2,1-3H3,(H,25,27). The second-order valence-electron chi connectivity index (χ2n) is 7.33. The van der Waals surface area contributed by atoms with E-state index in [-0.39, 0.29) is 17.3 Å². The fourth-order valence-electron chi connectivity index (χ4n) is 2.93. The minimum Gasteiger partial charge on any atom is -0.481 e. The first-order valence-electron chi connectivity index (χ1n) is 9.90. The summed E-state index contributed by atoms with van der Waals surface area (Å²) in [5.74, 6) is 0.286. The molecular weight excluding hydrogens is 412 g/mol. The van der Waals surface area contributed by atoms with Crippen LogP contribution in [0.5, 0.6) is 5.75 Å². The van der Waals surface area contributed by atoms with E-state index in [1.165, 1.54) is 16.4 Å². The van der Waals surface area contributed by atoms with E-state index in [1.54, 1.807) is 26.1 Å². The molecule has 162 valence electrons. The van der Waals surface area contributed by atoms with Crippen LogP contribution in [0.3, 0.4) is 0 Å². The molecule has 1 unspecified atom stereocenters. The van der Waals surface area contributed by atoms with E-state index in [9.17, 15) is 13.2 Å². The Morgan fingerprint density at radius 3 is 2.19 bits per heavy atom. The van der Waals surface area contributed by atoms with Gasteiger partial charge in [-0.15, -0.1) is 0 Å². The minimum absolute atomic E-state index is 0.160. The molecule has 0 fully saturated rings. The van der Waals surface area contributed by atoms with Crippen molar-refractivity contribution in [3.05, 3.63) is 90.0 Å². The number of aryl methyl sites for hydroxylation is 1. The van der Waals surface area contributed by atoms with Gasteiger partial charge < -0.3 is 10.1 Å². The number of rotatable bonds is 8. The summed E-state index contributed by atoms with van der Waals surface area (Å²) in [4.78, 5) is 12.6. The van der Waals surface area contributed by atoms with E-state index in [2.05, 4.69) is 5.32 Å². The van der Waals surface area contributed by atoms with E-state index >= 15 is 0 Å². The van der Waals surface area contributed by atoms with E-state index < -0.39 is 16.1 Å². The van der Waals surface area contributed by atoms with Crippen LogP contribution in [-0.2, 0) is 21.4 Å². The number of amides is 1. The van der Waals surface area contributed by atoms with Gasteiger partial charge in [-0.2, -0.15) is 4.31 Å². The van der Waals surface area contributed by atoms with Crippen molar-refractivity contribution in [3.8, 4) is 5.75 Å². The molecule has 1 amide bonds. The predicted molar refractivity (Wildman–Crippen MR) is 121 cm³/mol. The molecule has 0 aliphatic rings. The number of anilines is 1. The van der Waals surface area contributed by atoms with Crippen molar-refractivity contribution in [2.75, 3.05) is 12.4 Å². The lowest BCUT2D eigenvalue weighted by molar-refractivity contribution is -0.122. The quantitative estimate of drug-likeness (QED) is 0.571. The Balaban J connectivity index is 1.62. The van der Waals surface area contributed by atoms with Gasteiger partial charge in [0.15, 0.2) is 6.10 Å². The number of hydrogen-bond donors (Lipinski definition) is 1. The summed E-state index contributed by atoms with van der Waals surface area (Å²) in [5.41, 5.74) is 2.50. The van der Waals surface area contributed by atoms with E-state index in [4.69, 9.17) is 4.74 Å². The van der Waals surface area contributed by atoms with Crippen LogP contribution in [0.1, 0.15) is 18.1 Å². The maximum Gasteiger partial charge on any atom is 0.265 e. The van der Waals surface area contributed by atoms with Crippen molar-refractivity contribution >= 4 is 21.6 Å². The minimum atomic E-state index is -3.65. The maximum atomic E-state index is 12.8. The average Bonchev–Trinajstić information content (AvgIpc) is 2.76. The van der Waals surface area contributed by atoms with Crippen LogP contribution in [0, 0.1) is 6.92 Å². The third-order valence-electron chi connectivity index (χ3n) is 4.78. The van der Waals surface area contributed by atoms with Crippen LogP contribution < -0.4 is 10.1 Å². The van der Waals surface area contributed by atoms with Gasteiger partial charge in [0.1, 0.15) is 5.75 Å². The highest BCUT2D eigenvalue weighted by molar-refractivity contribution is 7.89. The number of nitrogens with zero attached hydrogens (tertiary/aromatic N) is 1. The normalized spacial score (nSPS) is 12.4. The summed E-state index contributed by atoms with van der Waals surface area (Å²) in [7, 11) is -2.10. The van der Waals surface area contributed by atoms with Gasteiger partial charge in [-0.3, -0.25) is 4.79 Å². The number of sulfonamides is 1.